The lowest BCUT2D eigenvalue weighted by Gasteiger charge is -2.25. The lowest BCUT2D eigenvalue weighted by molar-refractivity contribution is -0.145. The lowest BCUT2D eigenvalue weighted by atomic mass is 10.1. The van der Waals surface area contributed by atoms with E-state index in [0.29, 0.717) is 18.7 Å². The molecule has 1 rings (SSSR count). The van der Waals surface area contributed by atoms with Gasteiger partial charge in [0.05, 0.1) is 13.0 Å². The van der Waals surface area contributed by atoms with Gasteiger partial charge in [-0.15, -0.1) is 0 Å². The Labute approximate surface area is 127 Å². The summed E-state index contributed by atoms with van der Waals surface area (Å²) in [6, 6.07) is 7.54. The molecule has 0 N–H and O–H groups in total. The van der Waals surface area contributed by atoms with Crippen molar-refractivity contribution in [1.29, 1.82) is 0 Å². The van der Waals surface area contributed by atoms with E-state index in [1.165, 1.54) is 7.11 Å². The predicted octanol–water partition coefficient (Wildman–Crippen LogP) is 3.05. The van der Waals surface area contributed by atoms with Crippen molar-refractivity contribution in [2.24, 2.45) is 5.92 Å². The standard InChI is InChI=1S/C17H25NO3/c1-5-6-10-18(12-14(3)17(20)21-4)16(19)15-9-7-8-13(2)11-15/h7-9,11,14H,5-6,10,12H2,1-4H3. The van der Waals surface area contributed by atoms with Gasteiger partial charge in [0, 0.05) is 18.7 Å². The van der Waals surface area contributed by atoms with Crippen LogP contribution in [-0.2, 0) is 9.53 Å². The van der Waals surface area contributed by atoms with Gasteiger partial charge in [-0.1, -0.05) is 38.0 Å². The number of unbranched alkanes of at least 4 members (excludes halogenated alkanes) is 1. The summed E-state index contributed by atoms with van der Waals surface area (Å²) in [5, 5.41) is 0. The number of methoxy groups -OCH3 is 1. The average molecular weight is 291 g/mol. The largest absolute Gasteiger partial charge is 0.469 e. The van der Waals surface area contributed by atoms with Gasteiger partial charge in [-0.05, 0) is 25.5 Å². The molecule has 116 valence electrons. The lowest BCUT2D eigenvalue weighted by Crippen LogP contribution is -2.38. The van der Waals surface area contributed by atoms with Gasteiger partial charge in [0.1, 0.15) is 0 Å². The zero-order chi connectivity index (χ0) is 15.8. The van der Waals surface area contributed by atoms with Crippen LogP contribution in [0.2, 0.25) is 0 Å². The SMILES string of the molecule is CCCCN(CC(C)C(=O)OC)C(=O)c1cccc(C)c1. The van der Waals surface area contributed by atoms with E-state index in [9.17, 15) is 9.59 Å². The summed E-state index contributed by atoms with van der Waals surface area (Å²) < 4.78 is 4.75. The van der Waals surface area contributed by atoms with Crippen LogP contribution in [0.4, 0.5) is 0 Å². The zero-order valence-corrected chi connectivity index (χ0v) is 13.4. The summed E-state index contributed by atoms with van der Waals surface area (Å²) in [4.78, 5) is 25.9. The molecular weight excluding hydrogens is 266 g/mol. The Morgan fingerprint density at radius 2 is 2.05 bits per heavy atom. The number of hydrogen-bond acceptors (Lipinski definition) is 3. The molecule has 4 nitrogen and oxygen atoms in total. The van der Waals surface area contributed by atoms with E-state index in [1.54, 1.807) is 11.8 Å². The molecule has 0 aromatic heterocycles. The number of carbonyl (C=O) groups is 2. The van der Waals surface area contributed by atoms with Crippen molar-refractivity contribution in [2.75, 3.05) is 20.2 Å². The van der Waals surface area contributed by atoms with Crippen molar-refractivity contribution in [3.05, 3.63) is 35.4 Å². The van der Waals surface area contributed by atoms with Crippen LogP contribution in [0, 0.1) is 12.8 Å². The van der Waals surface area contributed by atoms with Gasteiger partial charge < -0.3 is 9.64 Å². The molecular formula is C17H25NO3. The van der Waals surface area contributed by atoms with E-state index in [2.05, 4.69) is 6.92 Å². The third kappa shape index (κ3) is 5.21. The van der Waals surface area contributed by atoms with Gasteiger partial charge in [-0.25, -0.2) is 0 Å². The summed E-state index contributed by atoms with van der Waals surface area (Å²) in [5.41, 5.74) is 1.72. The van der Waals surface area contributed by atoms with Gasteiger partial charge in [0.15, 0.2) is 0 Å². The van der Waals surface area contributed by atoms with E-state index in [1.807, 2.05) is 31.2 Å². The third-order valence-corrected chi connectivity index (χ3v) is 3.43. The molecule has 0 heterocycles. The molecule has 0 aliphatic heterocycles. The minimum absolute atomic E-state index is 0.0251. The maximum Gasteiger partial charge on any atom is 0.310 e. The van der Waals surface area contributed by atoms with Crippen LogP contribution < -0.4 is 0 Å². The minimum atomic E-state index is -0.319. The second kappa shape index (κ2) is 8.45. The normalized spacial score (nSPS) is 11.8. The monoisotopic (exact) mass is 291 g/mol. The van der Waals surface area contributed by atoms with Gasteiger partial charge in [-0.3, -0.25) is 9.59 Å². The highest BCUT2D eigenvalue weighted by atomic mass is 16.5. The Balaban J connectivity index is 2.85. The quantitative estimate of drug-likeness (QED) is 0.725. The van der Waals surface area contributed by atoms with Gasteiger partial charge in [-0.2, -0.15) is 0 Å². The van der Waals surface area contributed by atoms with Crippen molar-refractivity contribution in [3.8, 4) is 0 Å². The molecule has 0 fully saturated rings. The molecule has 0 radical (unpaired) electrons. The summed E-state index contributed by atoms with van der Waals surface area (Å²) >= 11 is 0. The average Bonchev–Trinajstić information content (AvgIpc) is 2.49. The van der Waals surface area contributed by atoms with Crippen molar-refractivity contribution in [2.45, 2.75) is 33.6 Å². The Morgan fingerprint density at radius 1 is 1.33 bits per heavy atom. The summed E-state index contributed by atoms with van der Waals surface area (Å²) in [6.07, 6.45) is 1.93. The van der Waals surface area contributed by atoms with Crippen LogP contribution >= 0.6 is 0 Å². The molecule has 0 spiro atoms. The Morgan fingerprint density at radius 3 is 2.62 bits per heavy atom. The van der Waals surface area contributed by atoms with Crippen molar-refractivity contribution < 1.29 is 14.3 Å². The highest BCUT2D eigenvalue weighted by Gasteiger charge is 2.22. The van der Waals surface area contributed by atoms with Crippen LogP contribution in [0.25, 0.3) is 0 Å². The van der Waals surface area contributed by atoms with Crippen LogP contribution in [0.3, 0.4) is 0 Å². The maximum atomic E-state index is 12.6. The van der Waals surface area contributed by atoms with E-state index in [-0.39, 0.29) is 17.8 Å². The van der Waals surface area contributed by atoms with Crippen molar-refractivity contribution in [1.82, 2.24) is 4.90 Å². The molecule has 0 saturated heterocycles. The first-order chi connectivity index (χ1) is 9.99. The molecule has 1 aromatic rings. The van der Waals surface area contributed by atoms with E-state index in [0.717, 1.165) is 18.4 Å². The molecule has 1 atom stereocenters. The van der Waals surface area contributed by atoms with Gasteiger partial charge >= 0.3 is 5.97 Å². The van der Waals surface area contributed by atoms with Crippen molar-refractivity contribution in [3.63, 3.8) is 0 Å². The third-order valence-electron chi connectivity index (χ3n) is 3.43. The Kier molecular flexibility index (Phi) is 6.92. The molecule has 1 aromatic carbocycles. The minimum Gasteiger partial charge on any atom is -0.469 e. The number of hydrogen-bond donors (Lipinski definition) is 0. The number of esters is 1. The summed E-state index contributed by atoms with van der Waals surface area (Å²) in [5.74, 6) is -0.628. The van der Waals surface area contributed by atoms with E-state index in [4.69, 9.17) is 4.74 Å². The van der Waals surface area contributed by atoms with E-state index >= 15 is 0 Å². The second-order valence-electron chi connectivity index (χ2n) is 5.40. The first-order valence-corrected chi connectivity index (χ1v) is 7.43. The number of ether oxygens (including phenoxy) is 1. The highest BCUT2D eigenvalue weighted by molar-refractivity contribution is 5.94. The zero-order valence-electron chi connectivity index (χ0n) is 13.4. The maximum absolute atomic E-state index is 12.6. The number of rotatable bonds is 7. The molecule has 0 aliphatic carbocycles. The smallest absolute Gasteiger partial charge is 0.310 e. The fourth-order valence-corrected chi connectivity index (χ4v) is 2.19. The molecule has 21 heavy (non-hydrogen) atoms. The van der Waals surface area contributed by atoms with Crippen LogP contribution in [0.1, 0.15) is 42.6 Å². The van der Waals surface area contributed by atoms with E-state index < -0.39 is 0 Å². The Bertz CT molecular complexity index is 485. The number of amides is 1. The fraction of sp³-hybridized carbons (Fsp3) is 0.529. The summed E-state index contributed by atoms with van der Waals surface area (Å²) in [6.45, 7) is 6.88. The highest BCUT2D eigenvalue weighted by Crippen LogP contribution is 2.12. The van der Waals surface area contributed by atoms with Gasteiger partial charge in [0.2, 0.25) is 0 Å². The van der Waals surface area contributed by atoms with Crippen LogP contribution in [0.5, 0.6) is 0 Å². The van der Waals surface area contributed by atoms with Crippen LogP contribution in [-0.4, -0.2) is 37.0 Å². The number of benzene rings is 1. The van der Waals surface area contributed by atoms with Crippen molar-refractivity contribution >= 4 is 11.9 Å². The van der Waals surface area contributed by atoms with Crippen LogP contribution in [0.15, 0.2) is 24.3 Å². The predicted molar refractivity (Wildman–Crippen MR) is 83.2 cm³/mol. The first-order valence-electron chi connectivity index (χ1n) is 7.43. The number of aryl methyl sites for hydroxylation is 1. The van der Waals surface area contributed by atoms with Gasteiger partial charge in [0.25, 0.3) is 5.91 Å². The molecule has 4 heteroatoms. The molecule has 0 saturated carbocycles. The summed E-state index contributed by atoms with van der Waals surface area (Å²) in [7, 11) is 1.37. The number of carbonyl (C=O) groups excluding carboxylic acids is 2. The second-order valence-corrected chi connectivity index (χ2v) is 5.40. The topological polar surface area (TPSA) is 46.6 Å². The first kappa shape index (κ1) is 17.2. The Hall–Kier alpha value is -1.84. The molecule has 1 amide bonds. The molecule has 0 bridgehead atoms. The molecule has 0 aliphatic rings. The number of nitrogens with zero attached hydrogens (tertiary/aromatic N) is 1. The molecule has 1 unspecified atom stereocenters. The fourth-order valence-electron chi connectivity index (χ4n) is 2.19.